The number of rotatable bonds is 7. The minimum Gasteiger partial charge on any atom is -0.0833 e. The largest absolute Gasteiger partial charge is 0.0833 e. The third kappa shape index (κ3) is 3.73. The van der Waals surface area contributed by atoms with Crippen molar-refractivity contribution in [2.45, 2.75) is 64.2 Å². The SMILES string of the molecule is CCCCCCCCC1CC=Cc2ccccc21. The molecule has 1 aliphatic rings. The summed E-state index contributed by atoms with van der Waals surface area (Å²) in [6.07, 6.45) is 15.7. The highest BCUT2D eigenvalue weighted by molar-refractivity contribution is 5.57. The molecule has 98 valence electrons. The normalized spacial score (nSPS) is 17.7. The highest BCUT2D eigenvalue weighted by Gasteiger charge is 2.15. The summed E-state index contributed by atoms with van der Waals surface area (Å²) < 4.78 is 0. The summed E-state index contributed by atoms with van der Waals surface area (Å²) in [6, 6.07) is 8.91. The van der Waals surface area contributed by atoms with Crippen LogP contribution in [0.5, 0.6) is 0 Å². The lowest BCUT2D eigenvalue weighted by atomic mass is 9.84. The summed E-state index contributed by atoms with van der Waals surface area (Å²) in [4.78, 5) is 0. The average molecular weight is 242 g/mol. The van der Waals surface area contributed by atoms with Gasteiger partial charge < -0.3 is 0 Å². The Hall–Kier alpha value is -1.04. The van der Waals surface area contributed by atoms with Crippen LogP contribution in [0.4, 0.5) is 0 Å². The Morgan fingerprint density at radius 3 is 2.67 bits per heavy atom. The standard InChI is InChI=1S/C18H26/c1-2-3-4-5-6-7-11-16-13-10-14-17-12-8-9-15-18(16)17/h8-10,12,14-16H,2-7,11,13H2,1H3. The minimum absolute atomic E-state index is 0.775. The molecule has 0 radical (unpaired) electrons. The molecule has 1 aromatic carbocycles. The first kappa shape index (κ1) is 13.4. The smallest absolute Gasteiger partial charge is 0.0121 e. The monoisotopic (exact) mass is 242 g/mol. The van der Waals surface area contributed by atoms with Gasteiger partial charge in [0, 0.05) is 0 Å². The summed E-state index contributed by atoms with van der Waals surface area (Å²) in [5.41, 5.74) is 3.02. The van der Waals surface area contributed by atoms with E-state index in [1.54, 1.807) is 5.56 Å². The van der Waals surface area contributed by atoms with Crippen molar-refractivity contribution in [1.82, 2.24) is 0 Å². The Morgan fingerprint density at radius 2 is 1.78 bits per heavy atom. The van der Waals surface area contributed by atoms with Crippen LogP contribution in [0.25, 0.3) is 6.08 Å². The van der Waals surface area contributed by atoms with Crippen LogP contribution in [0, 0.1) is 0 Å². The topological polar surface area (TPSA) is 0 Å². The predicted molar refractivity (Wildman–Crippen MR) is 80.8 cm³/mol. The van der Waals surface area contributed by atoms with Crippen molar-refractivity contribution in [2.24, 2.45) is 0 Å². The maximum atomic E-state index is 2.35. The molecule has 2 rings (SSSR count). The first-order chi connectivity index (χ1) is 8.92. The Morgan fingerprint density at radius 1 is 1.00 bits per heavy atom. The van der Waals surface area contributed by atoms with Gasteiger partial charge >= 0.3 is 0 Å². The van der Waals surface area contributed by atoms with Crippen molar-refractivity contribution >= 4 is 6.08 Å². The fourth-order valence-electron chi connectivity index (χ4n) is 2.97. The lowest BCUT2D eigenvalue weighted by Crippen LogP contribution is -2.03. The van der Waals surface area contributed by atoms with Crippen LogP contribution in [-0.2, 0) is 0 Å². The molecule has 0 spiro atoms. The van der Waals surface area contributed by atoms with E-state index in [2.05, 4.69) is 43.3 Å². The van der Waals surface area contributed by atoms with Gasteiger partial charge in [-0.1, -0.05) is 81.9 Å². The van der Waals surface area contributed by atoms with Crippen LogP contribution in [0.3, 0.4) is 0 Å². The molecule has 0 aliphatic heterocycles. The molecule has 0 aromatic heterocycles. The molecular formula is C18H26. The van der Waals surface area contributed by atoms with E-state index in [1.807, 2.05) is 0 Å². The molecule has 1 aromatic rings. The van der Waals surface area contributed by atoms with E-state index in [-0.39, 0.29) is 0 Å². The number of fused-ring (bicyclic) bond motifs is 1. The van der Waals surface area contributed by atoms with E-state index in [0.717, 1.165) is 5.92 Å². The van der Waals surface area contributed by atoms with Crippen molar-refractivity contribution < 1.29 is 0 Å². The molecule has 0 saturated carbocycles. The van der Waals surface area contributed by atoms with Gasteiger partial charge in [-0.05, 0) is 29.9 Å². The van der Waals surface area contributed by atoms with Gasteiger partial charge in [0.1, 0.15) is 0 Å². The van der Waals surface area contributed by atoms with Gasteiger partial charge in [0.05, 0.1) is 0 Å². The number of hydrogen-bond acceptors (Lipinski definition) is 0. The zero-order chi connectivity index (χ0) is 12.6. The first-order valence-corrected chi connectivity index (χ1v) is 7.67. The Labute approximate surface area is 112 Å². The Balaban J connectivity index is 1.75. The maximum absolute atomic E-state index is 2.35. The number of benzene rings is 1. The van der Waals surface area contributed by atoms with Crippen molar-refractivity contribution in [1.29, 1.82) is 0 Å². The molecule has 0 fully saturated rings. The van der Waals surface area contributed by atoms with Crippen molar-refractivity contribution in [3.63, 3.8) is 0 Å². The third-order valence-corrected chi connectivity index (χ3v) is 4.06. The van der Waals surface area contributed by atoms with Crippen molar-refractivity contribution in [3.8, 4) is 0 Å². The zero-order valence-electron chi connectivity index (χ0n) is 11.7. The van der Waals surface area contributed by atoms with Gasteiger partial charge in [-0.15, -0.1) is 0 Å². The fourth-order valence-corrected chi connectivity index (χ4v) is 2.97. The molecule has 1 aliphatic carbocycles. The van der Waals surface area contributed by atoms with E-state index in [4.69, 9.17) is 0 Å². The van der Waals surface area contributed by atoms with Crippen LogP contribution >= 0.6 is 0 Å². The molecular weight excluding hydrogens is 216 g/mol. The molecule has 0 amide bonds. The molecule has 0 bridgehead atoms. The van der Waals surface area contributed by atoms with E-state index in [9.17, 15) is 0 Å². The molecule has 0 heterocycles. The number of unbranched alkanes of at least 4 members (excludes halogenated alkanes) is 5. The summed E-state index contributed by atoms with van der Waals surface area (Å²) in [6.45, 7) is 2.28. The van der Waals surface area contributed by atoms with E-state index < -0.39 is 0 Å². The van der Waals surface area contributed by atoms with Crippen molar-refractivity contribution in [2.75, 3.05) is 0 Å². The number of hydrogen-bond donors (Lipinski definition) is 0. The van der Waals surface area contributed by atoms with Gasteiger partial charge in [0.2, 0.25) is 0 Å². The molecule has 1 unspecified atom stereocenters. The lowest BCUT2D eigenvalue weighted by Gasteiger charge is -2.21. The Bertz CT molecular complexity index is 375. The second-order valence-corrected chi connectivity index (χ2v) is 5.52. The molecule has 0 N–H and O–H groups in total. The summed E-state index contributed by atoms with van der Waals surface area (Å²) in [5, 5.41) is 0. The molecule has 1 atom stereocenters. The molecule has 0 nitrogen and oxygen atoms in total. The van der Waals surface area contributed by atoms with Gasteiger partial charge in [-0.25, -0.2) is 0 Å². The van der Waals surface area contributed by atoms with Crippen LogP contribution in [0.1, 0.15) is 75.3 Å². The molecule has 0 saturated heterocycles. The van der Waals surface area contributed by atoms with Gasteiger partial charge in [0.25, 0.3) is 0 Å². The summed E-state index contributed by atoms with van der Waals surface area (Å²) in [7, 11) is 0. The fraction of sp³-hybridized carbons (Fsp3) is 0.556. The quantitative estimate of drug-likeness (QED) is 0.519. The highest BCUT2D eigenvalue weighted by atomic mass is 14.2. The minimum atomic E-state index is 0.775. The van der Waals surface area contributed by atoms with Crippen LogP contribution < -0.4 is 0 Å². The first-order valence-electron chi connectivity index (χ1n) is 7.67. The predicted octanol–water partition coefficient (Wildman–Crippen LogP) is 5.94. The van der Waals surface area contributed by atoms with Crippen LogP contribution in [0.2, 0.25) is 0 Å². The van der Waals surface area contributed by atoms with E-state index >= 15 is 0 Å². The average Bonchev–Trinajstić information content (AvgIpc) is 2.43. The Kier molecular flexibility index (Phi) is 5.51. The van der Waals surface area contributed by atoms with E-state index in [1.165, 1.54) is 56.9 Å². The third-order valence-electron chi connectivity index (χ3n) is 4.06. The number of allylic oxidation sites excluding steroid dienone is 1. The molecule has 0 heteroatoms. The van der Waals surface area contributed by atoms with E-state index in [0.29, 0.717) is 0 Å². The second kappa shape index (κ2) is 7.41. The van der Waals surface area contributed by atoms with Gasteiger partial charge in [-0.2, -0.15) is 0 Å². The maximum Gasteiger partial charge on any atom is -0.0121 e. The van der Waals surface area contributed by atoms with Crippen LogP contribution in [0.15, 0.2) is 30.3 Å². The second-order valence-electron chi connectivity index (χ2n) is 5.52. The molecule has 18 heavy (non-hydrogen) atoms. The van der Waals surface area contributed by atoms with Gasteiger partial charge in [0.15, 0.2) is 0 Å². The lowest BCUT2D eigenvalue weighted by molar-refractivity contribution is 0.538. The summed E-state index contributed by atoms with van der Waals surface area (Å²) >= 11 is 0. The van der Waals surface area contributed by atoms with Gasteiger partial charge in [-0.3, -0.25) is 0 Å². The highest BCUT2D eigenvalue weighted by Crippen LogP contribution is 2.33. The van der Waals surface area contributed by atoms with Crippen molar-refractivity contribution in [3.05, 3.63) is 41.5 Å². The summed E-state index contributed by atoms with van der Waals surface area (Å²) in [5.74, 6) is 0.775. The van der Waals surface area contributed by atoms with Crippen LogP contribution in [-0.4, -0.2) is 0 Å². The zero-order valence-corrected chi connectivity index (χ0v) is 11.7.